The van der Waals surface area contributed by atoms with Gasteiger partial charge in [-0.3, -0.25) is 0 Å². The van der Waals surface area contributed by atoms with Gasteiger partial charge in [-0.15, -0.1) is 0 Å². The number of halogens is 1. The van der Waals surface area contributed by atoms with Crippen LogP contribution in [0.1, 0.15) is 28.3 Å². The number of ether oxygens (including phenoxy) is 1. The summed E-state index contributed by atoms with van der Waals surface area (Å²) in [6.45, 7) is 4.07. The monoisotopic (exact) mass is 289 g/mol. The molecule has 0 heterocycles. The highest BCUT2D eigenvalue weighted by molar-refractivity contribution is 6.31. The molecule has 0 aliphatic carbocycles. The van der Waals surface area contributed by atoms with E-state index in [4.69, 9.17) is 22.1 Å². The molecule has 0 radical (unpaired) electrons. The molecular weight excluding hydrogens is 270 g/mol. The summed E-state index contributed by atoms with van der Waals surface area (Å²) >= 11 is 6.16. The predicted octanol–water partition coefficient (Wildman–Crippen LogP) is 4.21. The SMILES string of the molecule is COc1ccc(C)cc1CC(N)c1cccc(Cl)c1C. The van der Waals surface area contributed by atoms with E-state index in [2.05, 4.69) is 13.0 Å². The topological polar surface area (TPSA) is 35.2 Å². The summed E-state index contributed by atoms with van der Waals surface area (Å²) in [4.78, 5) is 0. The van der Waals surface area contributed by atoms with Crippen molar-refractivity contribution in [3.8, 4) is 5.75 Å². The molecule has 0 saturated carbocycles. The van der Waals surface area contributed by atoms with E-state index in [1.165, 1.54) is 5.56 Å². The molecule has 1 atom stereocenters. The van der Waals surface area contributed by atoms with Crippen LogP contribution in [-0.2, 0) is 6.42 Å². The van der Waals surface area contributed by atoms with Gasteiger partial charge in [-0.2, -0.15) is 0 Å². The van der Waals surface area contributed by atoms with E-state index in [9.17, 15) is 0 Å². The Labute approximate surface area is 125 Å². The Morgan fingerprint density at radius 2 is 1.95 bits per heavy atom. The molecule has 0 aliphatic rings. The van der Waals surface area contributed by atoms with Crippen LogP contribution in [0.3, 0.4) is 0 Å². The summed E-state index contributed by atoms with van der Waals surface area (Å²) < 4.78 is 5.41. The molecule has 2 nitrogen and oxygen atoms in total. The third-order valence-electron chi connectivity index (χ3n) is 3.58. The fraction of sp³-hybridized carbons (Fsp3) is 0.294. The van der Waals surface area contributed by atoms with E-state index in [1.807, 2.05) is 37.3 Å². The lowest BCUT2D eigenvalue weighted by molar-refractivity contribution is 0.408. The van der Waals surface area contributed by atoms with Gasteiger partial charge >= 0.3 is 0 Å². The van der Waals surface area contributed by atoms with Gasteiger partial charge in [0.15, 0.2) is 0 Å². The van der Waals surface area contributed by atoms with Gasteiger partial charge in [-0.05, 0) is 49.1 Å². The Balaban J connectivity index is 2.30. The van der Waals surface area contributed by atoms with E-state index < -0.39 is 0 Å². The maximum Gasteiger partial charge on any atom is 0.122 e. The molecule has 2 aromatic rings. The Morgan fingerprint density at radius 3 is 2.65 bits per heavy atom. The highest BCUT2D eigenvalue weighted by Crippen LogP contribution is 2.28. The molecule has 2 aromatic carbocycles. The van der Waals surface area contributed by atoms with Gasteiger partial charge < -0.3 is 10.5 Å². The average molecular weight is 290 g/mol. The van der Waals surface area contributed by atoms with E-state index in [1.54, 1.807) is 7.11 Å². The van der Waals surface area contributed by atoms with Crippen molar-refractivity contribution in [1.29, 1.82) is 0 Å². The summed E-state index contributed by atoms with van der Waals surface area (Å²) in [7, 11) is 1.68. The van der Waals surface area contributed by atoms with Crippen molar-refractivity contribution in [3.63, 3.8) is 0 Å². The minimum Gasteiger partial charge on any atom is -0.496 e. The zero-order chi connectivity index (χ0) is 14.7. The Kier molecular flexibility index (Phi) is 4.69. The third kappa shape index (κ3) is 3.14. The van der Waals surface area contributed by atoms with Crippen molar-refractivity contribution in [2.24, 2.45) is 5.73 Å². The first-order valence-corrected chi connectivity index (χ1v) is 7.05. The van der Waals surface area contributed by atoms with Crippen LogP contribution in [0.2, 0.25) is 5.02 Å². The second-order valence-corrected chi connectivity index (χ2v) is 5.49. The van der Waals surface area contributed by atoms with Crippen LogP contribution in [-0.4, -0.2) is 7.11 Å². The van der Waals surface area contributed by atoms with Crippen molar-refractivity contribution >= 4 is 11.6 Å². The van der Waals surface area contributed by atoms with Crippen molar-refractivity contribution in [3.05, 3.63) is 63.7 Å². The van der Waals surface area contributed by atoms with Crippen LogP contribution in [0.5, 0.6) is 5.75 Å². The Morgan fingerprint density at radius 1 is 1.20 bits per heavy atom. The van der Waals surface area contributed by atoms with Crippen LogP contribution < -0.4 is 10.5 Å². The highest BCUT2D eigenvalue weighted by atomic mass is 35.5. The van der Waals surface area contributed by atoms with Gasteiger partial charge in [-0.1, -0.05) is 41.4 Å². The maximum absolute atomic E-state index is 6.36. The summed E-state index contributed by atoms with van der Waals surface area (Å²) in [5, 5.41) is 0.758. The van der Waals surface area contributed by atoms with E-state index >= 15 is 0 Å². The maximum atomic E-state index is 6.36. The predicted molar refractivity (Wildman–Crippen MR) is 84.6 cm³/mol. The molecular formula is C17H20ClNO. The summed E-state index contributed by atoms with van der Waals surface area (Å²) in [5.74, 6) is 0.880. The Hall–Kier alpha value is -1.51. The molecule has 0 spiro atoms. The van der Waals surface area contributed by atoms with E-state index in [-0.39, 0.29) is 6.04 Å². The first kappa shape index (κ1) is 14.9. The Bertz CT molecular complexity index is 610. The fourth-order valence-electron chi connectivity index (χ4n) is 2.44. The van der Waals surface area contributed by atoms with Crippen molar-refractivity contribution in [2.45, 2.75) is 26.3 Å². The summed E-state index contributed by atoms with van der Waals surface area (Å²) in [6, 6.07) is 11.9. The molecule has 2 N–H and O–H groups in total. The molecule has 106 valence electrons. The van der Waals surface area contributed by atoms with Crippen LogP contribution in [0.4, 0.5) is 0 Å². The zero-order valence-corrected chi connectivity index (χ0v) is 12.9. The molecule has 20 heavy (non-hydrogen) atoms. The summed E-state index contributed by atoms with van der Waals surface area (Å²) in [6.07, 6.45) is 0.728. The number of nitrogens with two attached hydrogens (primary N) is 1. The first-order valence-electron chi connectivity index (χ1n) is 6.67. The van der Waals surface area contributed by atoms with E-state index in [0.717, 1.165) is 33.9 Å². The second kappa shape index (κ2) is 6.29. The lowest BCUT2D eigenvalue weighted by Crippen LogP contribution is -2.15. The van der Waals surface area contributed by atoms with Gasteiger partial charge in [-0.25, -0.2) is 0 Å². The molecule has 0 fully saturated rings. The standard InChI is InChI=1S/C17H20ClNO/c1-11-7-8-17(20-3)13(9-11)10-16(19)14-5-4-6-15(18)12(14)2/h4-9,16H,10,19H2,1-3H3. The number of benzene rings is 2. The molecule has 3 heteroatoms. The molecule has 1 unspecified atom stereocenters. The van der Waals surface area contributed by atoms with Crippen molar-refractivity contribution in [1.82, 2.24) is 0 Å². The molecule has 0 amide bonds. The first-order chi connectivity index (χ1) is 9.52. The molecule has 0 aliphatic heterocycles. The minimum atomic E-state index is -0.0931. The average Bonchev–Trinajstić information content (AvgIpc) is 2.42. The number of rotatable bonds is 4. The van der Waals surface area contributed by atoms with Gasteiger partial charge in [0.25, 0.3) is 0 Å². The van der Waals surface area contributed by atoms with Crippen LogP contribution in [0.15, 0.2) is 36.4 Å². The molecule has 0 saturated heterocycles. The lowest BCUT2D eigenvalue weighted by atomic mass is 9.95. The number of methoxy groups -OCH3 is 1. The molecule has 0 aromatic heterocycles. The van der Waals surface area contributed by atoms with Gasteiger partial charge in [0.05, 0.1) is 7.11 Å². The quantitative estimate of drug-likeness (QED) is 0.915. The molecule has 0 bridgehead atoms. The molecule has 2 rings (SSSR count). The number of hydrogen-bond donors (Lipinski definition) is 1. The lowest BCUT2D eigenvalue weighted by Gasteiger charge is -2.17. The number of hydrogen-bond acceptors (Lipinski definition) is 2. The highest BCUT2D eigenvalue weighted by Gasteiger charge is 2.14. The van der Waals surface area contributed by atoms with Crippen LogP contribution in [0, 0.1) is 13.8 Å². The van der Waals surface area contributed by atoms with Gasteiger partial charge in [0, 0.05) is 11.1 Å². The fourth-order valence-corrected chi connectivity index (χ4v) is 2.62. The largest absolute Gasteiger partial charge is 0.496 e. The van der Waals surface area contributed by atoms with Gasteiger partial charge in [0.2, 0.25) is 0 Å². The zero-order valence-electron chi connectivity index (χ0n) is 12.1. The van der Waals surface area contributed by atoms with E-state index in [0.29, 0.717) is 0 Å². The third-order valence-corrected chi connectivity index (χ3v) is 3.99. The van der Waals surface area contributed by atoms with Crippen molar-refractivity contribution in [2.75, 3.05) is 7.11 Å². The van der Waals surface area contributed by atoms with Crippen LogP contribution >= 0.6 is 11.6 Å². The second-order valence-electron chi connectivity index (χ2n) is 5.08. The summed E-state index contributed by atoms with van der Waals surface area (Å²) in [5.41, 5.74) is 10.8. The smallest absolute Gasteiger partial charge is 0.122 e. The van der Waals surface area contributed by atoms with Gasteiger partial charge in [0.1, 0.15) is 5.75 Å². The van der Waals surface area contributed by atoms with Crippen molar-refractivity contribution < 1.29 is 4.74 Å². The minimum absolute atomic E-state index is 0.0931. The normalized spacial score (nSPS) is 12.2. The van der Waals surface area contributed by atoms with Crippen LogP contribution in [0.25, 0.3) is 0 Å². The number of aryl methyl sites for hydroxylation is 1.